The maximum Gasteiger partial charge on any atom is 0.458 e. The molecule has 1 aliphatic heterocycles. The Morgan fingerprint density at radius 3 is 2.86 bits per heavy atom. The number of rotatable bonds is 3. The number of Topliss-reactive ketones (excluding diaryl/α,β-unsaturated/α-hetero) is 1. The van der Waals surface area contributed by atoms with Crippen LogP contribution in [0.5, 0.6) is 0 Å². The van der Waals surface area contributed by atoms with Crippen LogP contribution in [0.15, 0.2) is 41.0 Å². The van der Waals surface area contributed by atoms with E-state index >= 15 is 0 Å². The van der Waals surface area contributed by atoms with Crippen molar-refractivity contribution in [2.45, 2.75) is 6.54 Å². The highest BCUT2D eigenvalue weighted by Crippen LogP contribution is 2.00. The Morgan fingerprint density at radius 1 is 1.24 bits per heavy atom. The number of ketones is 1. The van der Waals surface area contributed by atoms with Crippen LogP contribution in [0.25, 0.3) is 6.08 Å². The summed E-state index contributed by atoms with van der Waals surface area (Å²) in [6, 6.07) is 8.24. The van der Waals surface area contributed by atoms with Crippen LogP contribution < -0.4 is 20.9 Å². The van der Waals surface area contributed by atoms with Gasteiger partial charge in [0.1, 0.15) is 5.76 Å². The Labute approximate surface area is 118 Å². The Bertz CT molecular complexity index is 850. The van der Waals surface area contributed by atoms with Gasteiger partial charge in [0.05, 0.1) is 18.0 Å². The van der Waals surface area contributed by atoms with Gasteiger partial charge in [0, 0.05) is 17.7 Å². The number of carbonyl (C=O) groups is 3. The highest BCUT2D eigenvalue weighted by molar-refractivity contribution is 6.44. The molecule has 1 aromatic carbocycles. The maximum absolute atomic E-state index is 12.0. The molecule has 1 aliphatic rings. The van der Waals surface area contributed by atoms with Gasteiger partial charge >= 0.3 is 5.91 Å². The fourth-order valence-electron chi connectivity index (χ4n) is 2.01. The minimum absolute atomic E-state index is 0.280. The first-order valence-corrected chi connectivity index (χ1v) is 6.28. The molecular formula is C15H11N2O4+. The van der Waals surface area contributed by atoms with E-state index in [1.165, 1.54) is 12.3 Å². The molecule has 104 valence electrons. The van der Waals surface area contributed by atoms with Gasteiger partial charge in [0.2, 0.25) is 5.36 Å². The molecule has 0 radical (unpaired) electrons. The van der Waals surface area contributed by atoms with Crippen molar-refractivity contribution >= 4 is 23.7 Å². The Hall–Kier alpha value is -3.02. The first kappa shape index (κ1) is 13.0. The maximum atomic E-state index is 12.0. The van der Waals surface area contributed by atoms with Crippen LogP contribution in [-0.4, -0.2) is 17.6 Å². The minimum Gasteiger partial charge on any atom is -0.467 e. The number of hydrogen-bond acceptors (Lipinski definition) is 4. The van der Waals surface area contributed by atoms with E-state index in [9.17, 15) is 14.4 Å². The second-order valence-electron chi connectivity index (χ2n) is 4.53. The molecule has 6 nitrogen and oxygen atoms in total. The van der Waals surface area contributed by atoms with E-state index in [4.69, 9.17) is 4.42 Å². The predicted octanol–water partition coefficient (Wildman–Crippen LogP) is -2.20. The van der Waals surface area contributed by atoms with E-state index in [2.05, 4.69) is 10.3 Å². The lowest BCUT2D eigenvalue weighted by atomic mass is 10.1. The lowest BCUT2D eigenvalue weighted by molar-refractivity contribution is -0.412. The predicted molar refractivity (Wildman–Crippen MR) is 70.1 cm³/mol. The highest BCUT2D eigenvalue weighted by atomic mass is 16.3. The molecule has 0 spiro atoms. The Kier molecular flexibility index (Phi) is 3.19. The average Bonchev–Trinajstić information content (AvgIpc) is 2.99. The highest BCUT2D eigenvalue weighted by Gasteiger charge is 2.20. The zero-order valence-corrected chi connectivity index (χ0v) is 10.9. The molecule has 2 aromatic rings. The van der Waals surface area contributed by atoms with Crippen LogP contribution in [0.2, 0.25) is 0 Å². The van der Waals surface area contributed by atoms with Gasteiger partial charge in [-0.1, -0.05) is 0 Å². The molecule has 0 aliphatic carbocycles. The zero-order valence-electron chi connectivity index (χ0n) is 10.9. The molecule has 0 bridgehead atoms. The van der Waals surface area contributed by atoms with E-state index < -0.39 is 11.7 Å². The van der Waals surface area contributed by atoms with E-state index in [-0.39, 0.29) is 12.5 Å². The monoisotopic (exact) mass is 283 g/mol. The lowest BCUT2D eigenvalue weighted by Gasteiger charge is -2.03. The number of benzene rings is 1. The van der Waals surface area contributed by atoms with Crippen LogP contribution in [0, 0.1) is 0 Å². The fourth-order valence-corrected chi connectivity index (χ4v) is 2.01. The second-order valence-corrected chi connectivity index (χ2v) is 4.53. The van der Waals surface area contributed by atoms with Crippen LogP contribution in [0.4, 0.5) is 0 Å². The Balaban J connectivity index is 1.84. The van der Waals surface area contributed by atoms with Gasteiger partial charge < -0.3 is 9.73 Å². The fraction of sp³-hybridized carbons (Fsp3) is 0.0667. The molecular weight excluding hydrogens is 272 g/mol. The lowest BCUT2D eigenvalue weighted by Crippen LogP contribution is -2.86. The number of furan rings is 1. The third-order valence-corrected chi connectivity index (χ3v) is 3.08. The molecule has 2 heterocycles. The van der Waals surface area contributed by atoms with Crippen LogP contribution >= 0.6 is 0 Å². The van der Waals surface area contributed by atoms with E-state index in [1.807, 2.05) is 0 Å². The first-order valence-electron chi connectivity index (χ1n) is 6.28. The third kappa shape index (κ3) is 2.64. The van der Waals surface area contributed by atoms with Crippen molar-refractivity contribution in [3.63, 3.8) is 0 Å². The van der Waals surface area contributed by atoms with E-state index in [1.54, 1.807) is 30.3 Å². The number of nitrogens with one attached hydrogen (secondary N) is 2. The zero-order chi connectivity index (χ0) is 14.8. The third-order valence-electron chi connectivity index (χ3n) is 3.08. The standard InChI is InChI=1S/C15H10N2O4/c18-13-7-10-6-9(3-4-12(10)17-15(13)20)14(19)16-8-11-2-1-5-21-11/h1-7H,8H2,(H,16,19)/p+1. The Morgan fingerprint density at radius 2 is 2.10 bits per heavy atom. The van der Waals surface area contributed by atoms with Crippen LogP contribution in [0.3, 0.4) is 0 Å². The average molecular weight is 283 g/mol. The summed E-state index contributed by atoms with van der Waals surface area (Å²) in [6.07, 6.45) is 2.75. The normalized spacial score (nSPS) is 13.1. The molecule has 1 aromatic heterocycles. The van der Waals surface area contributed by atoms with Crippen molar-refractivity contribution in [3.8, 4) is 0 Å². The molecule has 0 atom stereocenters. The summed E-state index contributed by atoms with van der Waals surface area (Å²) in [5.74, 6) is -0.935. The molecule has 0 saturated heterocycles. The van der Waals surface area contributed by atoms with E-state index in [0.29, 0.717) is 21.9 Å². The number of hydrogen-bond donors (Lipinski definition) is 2. The largest absolute Gasteiger partial charge is 0.467 e. The van der Waals surface area contributed by atoms with Crippen molar-refractivity contribution in [1.29, 1.82) is 0 Å². The second kappa shape index (κ2) is 5.16. The summed E-state index contributed by atoms with van der Waals surface area (Å²) in [5.41, 5.74) is 0.403. The van der Waals surface area contributed by atoms with Gasteiger partial charge in [0.25, 0.3) is 11.7 Å². The van der Waals surface area contributed by atoms with Crippen molar-refractivity contribution in [1.82, 2.24) is 5.32 Å². The number of fused-ring (bicyclic) bond motifs is 1. The SMILES string of the molecule is O=C1C=c2cc(C(=O)NCc3ccco3)ccc2=[NH+]C1=O. The summed E-state index contributed by atoms with van der Waals surface area (Å²) in [6.45, 7) is 0.280. The molecule has 3 rings (SSSR count). The van der Waals surface area contributed by atoms with Gasteiger partial charge in [-0.2, -0.15) is 4.99 Å². The van der Waals surface area contributed by atoms with Gasteiger partial charge in [0.15, 0.2) is 0 Å². The van der Waals surface area contributed by atoms with E-state index in [0.717, 1.165) is 0 Å². The summed E-state index contributed by atoms with van der Waals surface area (Å²) in [4.78, 5) is 37.1. The number of amides is 2. The van der Waals surface area contributed by atoms with Gasteiger partial charge in [-0.3, -0.25) is 9.59 Å². The summed E-state index contributed by atoms with van der Waals surface area (Å²) in [5, 5.41) is 3.74. The molecule has 0 saturated carbocycles. The molecule has 21 heavy (non-hydrogen) atoms. The molecule has 0 fully saturated rings. The molecule has 2 amide bonds. The molecule has 6 heteroatoms. The minimum atomic E-state index is -0.669. The van der Waals surface area contributed by atoms with Crippen molar-refractivity contribution < 1.29 is 23.8 Å². The van der Waals surface area contributed by atoms with Crippen molar-refractivity contribution in [2.75, 3.05) is 0 Å². The van der Waals surface area contributed by atoms with Crippen molar-refractivity contribution in [3.05, 3.63) is 58.5 Å². The summed E-state index contributed by atoms with van der Waals surface area (Å²) >= 11 is 0. The smallest absolute Gasteiger partial charge is 0.458 e. The quantitative estimate of drug-likeness (QED) is 0.626. The van der Waals surface area contributed by atoms with Crippen molar-refractivity contribution in [2.24, 2.45) is 0 Å². The summed E-state index contributed by atoms with van der Waals surface area (Å²) < 4.78 is 5.12. The van der Waals surface area contributed by atoms with Gasteiger partial charge in [-0.15, -0.1) is 0 Å². The van der Waals surface area contributed by atoms with Gasteiger partial charge in [-0.05, 0) is 24.3 Å². The molecule has 2 N–H and O–H groups in total. The van der Waals surface area contributed by atoms with Crippen LogP contribution in [0.1, 0.15) is 16.1 Å². The first-order chi connectivity index (χ1) is 10.1. The number of carbonyl (C=O) groups excluding carboxylic acids is 3. The molecule has 0 unspecified atom stereocenters. The topological polar surface area (TPSA) is 90.3 Å². The van der Waals surface area contributed by atoms with Crippen LogP contribution in [-0.2, 0) is 16.1 Å². The van der Waals surface area contributed by atoms with Gasteiger partial charge in [-0.25, -0.2) is 4.79 Å². The summed E-state index contributed by atoms with van der Waals surface area (Å²) in [7, 11) is 0.